The van der Waals surface area contributed by atoms with E-state index >= 15 is 0 Å². The highest BCUT2D eigenvalue weighted by Crippen LogP contribution is 2.40. The van der Waals surface area contributed by atoms with Crippen LogP contribution in [0.3, 0.4) is 0 Å². The number of esters is 1. The van der Waals surface area contributed by atoms with E-state index in [-0.39, 0.29) is 16.4 Å². The molecule has 0 bridgehead atoms. The molecule has 132 valence electrons. The quantitative estimate of drug-likeness (QED) is 0.771. The largest absolute Gasteiger partial charge is 0.462 e. The third-order valence-corrected chi connectivity index (χ3v) is 5.64. The minimum absolute atomic E-state index is 0.0590. The SMILES string of the molecule is CCOC(=O)c1cccc(N2C=C(C#N)S(=O)(=O)c3ccc(C)cc32)c1. The molecule has 0 amide bonds. The van der Waals surface area contributed by atoms with Crippen LogP contribution >= 0.6 is 0 Å². The van der Waals surface area contributed by atoms with Crippen LogP contribution in [0.1, 0.15) is 22.8 Å². The fourth-order valence-electron chi connectivity index (χ4n) is 2.72. The lowest BCUT2D eigenvalue weighted by molar-refractivity contribution is 0.0526. The monoisotopic (exact) mass is 368 g/mol. The fraction of sp³-hybridized carbons (Fsp3) is 0.158. The predicted molar refractivity (Wildman–Crippen MR) is 96.6 cm³/mol. The van der Waals surface area contributed by atoms with E-state index in [4.69, 9.17) is 4.74 Å². The van der Waals surface area contributed by atoms with Crippen molar-refractivity contribution >= 4 is 27.2 Å². The van der Waals surface area contributed by atoms with Gasteiger partial charge in [-0.1, -0.05) is 12.1 Å². The molecule has 7 heteroatoms. The first-order valence-electron chi connectivity index (χ1n) is 7.92. The lowest BCUT2D eigenvalue weighted by atomic mass is 10.1. The smallest absolute Gasteiger partial charge is 0.338 e. The molecule has 0 aromatic heterocycles. The van der Waals surface area contributed by atoms with E-state index < -0.39 is 15.8 Å². The molecular formula is C19H16N2O4S. The molecule has 2 aromatic rings. The number of allylic oxidation sites excluding steroid dienone is 1. The molecular weight excluding hydrogens is 352 g/mol. The molecule has 1 aliphatic heterocycles. The zero-order valence-corrected chi connectivity index (χ0v) is 15.1. The third kappa shape index (κ3) is 2.95. The van der Waals surface area contributed by atoms with Crippen molar-refractivity contribution in [1.82, 2.24) is 0 Å². The van der Waals surface area contributed by atoms with Crippen LogP contribution in [0, 0.1) is 18.3 Å². The van der Waals surface area contributed by atoms with Gasteiger partial charge in [-0.2, -0.15) is 5.26 Å². The summed E-state index contributed by atoms with van der Waals surface area (Å²) in [5.74, 6) is -0.465. The van der Waals surface area contributed by atoms with Gasteiger partial charge in [-0.15, -0.1) is 0 Å². The number of rotatable bonds is 3. The number of sulfone groups is 1. The Labute approximate surface area is 151 Å². The summed E-state index contributed by atoms with van der Waals surface area (Å²) in [6.07, 6.45) is 1.28. The molecule has 0 atom stereocenters. The standard InChI is InChI=1S/C19H16N2O4S/c1-3-25-19(22)14-5-4-6-15(10-14)21-12-16(11-20)26(23,24)18-8-7-13(2)9-17(18)21/h4-10,12H,3H2,1-2H3. The van der Waals surface area contributed by atoms with Gasteiger partial charge >= 0.3 is 5.97 Å². The van der Waals surface area contributed by atoms with E-state index in [1.807, 2.05) is 6.92 Å². The number of hydrogen-bond acceptors (Lipinski definition) is 6. The Morgan fingerprint density at radius 1 is 1.23 bits per heavy atom. The minimum atomic E-state index is -3.86. The molecule has 6 nitrogen and oxygen atoms in total. The van der Waals surface area contributed by atoms with E-state index in [0.717, 1.165) is 5.56 Å². The van der Waals surface area contributed by atoms with Crippen molar-refractivity contribution in [3.05, 3.63) is 64.7 Å². The van der Waals surface area contributed by atoms with Crippen LogP contribution in [-0.2, 0) is 14.6 Å². The van der Waals surface area contributed by atoms with Crippen LogP contribution in [0.25, 0.3) is 0 Å². The van der Waals surface area contributed by atoms with Gasteiger partial charge in [0.15, 0.2) is 4.91 Å². The lowest BCUT2D eigenvalue weighted by Gasteiger charge is -2.28. The molecule has 1 aliphatic rings. The molecule has 3 rings (SSSR count). The summed E-state index contributed by atoms with van der Waals surface area (Å²) >= 11 is 0. The Kier molecular flexibility index (Phi) is 4.53. The second-order valence-corrected chi connectivity index (χ2v) is 7.61. The maximum absolute atomic E-state index is 12.6. The summed E-state index contributed by atoms with van der Waals surface area (Å²) < 4.78 is 30.2. The first-order valence-corrected chi connectivity index (χ1v) is 9.41. The van der Waals surface area contributed by atoms with E-state index in [9.17, 15) is 18.5 Å². The van der Waals surface area contributed by atoms with Crippen LogP contribution in [-0.4, -0.2) is 21.0 Å². The topological polar surface area (TPSA) is 87.5 Å². The number of anilines is 2. The van der Waals surface area contributed by atoms with Gasteiger partial charge in [0, 0.05) is 11.9 Å². The first kappa shape index (κ1) is 17.7. The van der Waals surface area contributed by atoms with Crippen molar-refractivity contribution in [2.45, 2.75) is 18.7 Å². The van der Waals surface area contributed by atoms with Crippen molar-refractivity contribution in [1.29, 1.82) is 5.26 Å². The maximum Gasteiger partial charge on any atom is 0.338 e. The van der Waals surface area contributed by atoms with Crippen molar-refractivity contribution in [2.75, 3.05) is 11.5 Å². The predicted octanol–water partition coefficient (Wildman–Crippen LogP) is 3.46. The van der Waals surface area contributed by atoms with Gasteiger partial charge < -0.3 is 9.64 Å². The molecule has 0 saturated heterocycles. The summed E-state index contributed by atoms with van der Waals surface area (Å²) in [6, 6.07) is 13.3. The maximum atomic E-state index is 12.6. The van der Waals surface area contributed by atoms with Gasteiger partial charge in [-0.05, 0) is 49.7 Å². The molecule has 0 saturated carbocycles. The summed E-state index contributed by atoms with van der Waals surface area (Å²) in [4.78, 5) is 13.3. The normalized spacial score (nSPS) is 14.8. The second kappa shape index (κ2) is 6.65. The average Bonchev–Trinajstić information content (AvgIpc) is 2.62. The summed E-state index contributed by atoms with van der Waals surface area (Å²) in [6.45, 7) is 3.83. The molecule has 0 radical (unpaired) electrons. The molecule has 0 spiro atoms. The van der Waals surface area contributed by atoms with Crippen molar-refractivity contribution in [3.63, 3.8) is 0 Å². The molecule has 26 heavy (non-hydrogen) atoms. The van der Waals surface area contributed by atoms with Gasteiger partial charge in [0.2, 0.25) is 9.84 Å². The van der Waals surface area contributed by atoms with Crippen molar-refractivity contribution < 1.29 is 17.9 Å². The average molecular weight is 368 g/mol. The minimum Gasteiger partial charge on any atom is -0.462 e. The zero-order chi connectivity index (χ0) is 18.9. The number of carbonyl (C=O) groups excluding carboxylic acids is 1. The van der Waals surface area contributed by atoms with Crippen LogP contribution < -0.4 is 4.90 Å². The van der Waals surface area contributed by atoms with Crippen LogP contribution in [0.5, 0.6) is 0 Å². The van der Waals surface area contributed by atoms with Crippen molar-refractivity contribution in [3.8, 4) is 6.07 Å². The van der Waals surface area contributed by atoms with E-state index in [1.54, 1.807) is 54.3 Å². The summed E-state index contributed by atoms with van der Waals surface area (Å²) in [7, 11) is -3.86. The van der Waals surface area contributed by atoms with Gasteiger partial charge in [-0.25, -0.2) is 13.2 Å². The van der Waals surface area contributed by atoms with Gasteiger partial charge in [0.05, 0.1) is 22.8 Å². The highest BCUT2D eigenvalue weighted by atomic mass is 32.2. The number of ether oxygens (including phenoxy) is 1. The second-order valence-electron chi connectivity index (χ2n) is 5.72. The van der Waals surface area contributed by atoms with Crippen LogP contribution in [0.15, 0.2) is 58.5 Å². The molecule has 0 fully saturated rings. The van der Waals surface area contributed by atoms with E-state index in [2.05, 4.69) is 0 Å². The highest BCUT2D eigenvalue weighted by Gasteiger charge is 2.32. The summed E-state index contributed by atoms with van der Waals surface area (Å²) in [5, 5.41) is 9.29. The van der Waals surface area contributed by atoms with Crippen LogP contribution in [0.4, 0.5) is 11.4 Å². The Balaban J connectivity index is 2.19. The van der Waals surface area contributed by atoms with Crippen molar-refractivity contribution in [2.24, 2.45) is 0 Å². The molecule has 0 aliphatic carbocycles. The fourth-order valence-corrected chi connectivity index (χ4v) is 4.00. The highest BCUT2D eigenvalue weighted by molar-refractivity contribution is 7.95. The number of hydrogen-bond donors (Lipinski definition) is 0. The lowest BCUT2D eigenvalue weighted by Crippen LogP contribution is -2.21. The Hall–Kier alpha value is -3.11. The third-order valence-electron chi connectivity index (χ3n) is 3.95. The first-order chi connectivity index (χ1) is 12.4. The Morgan fingerprint density at radius 3 is 2.69 bits per heavy atom. The number of nitrogens with zero attached hydrogens (tertiary/aromatic N) is 2. The molecule has 0 unspecified atom stereocenters. The number of fused-ring (bicyclic) bond motifs is 1. The molecule has 1 heterocycles. The van der Waals surface area contributed by atoms with Crippen LogP contribution in [0.2, 0.25) is 0 Å². The summed E-state index contributed by atoms with van der Waals surface area (Å²) in [5.41, 5.74) is 2.22. The van der Waals surface area contributed by atoms with Gasteiger partial charge in [0.1, 0.15) is 6.07 Å². The van der Waals surface area contributed by atoms with Gasteiger partial charge in [0.25, 0.3) is 0 Å². The zero-order valence-electron chi connectivity index (χ0n) is 14.3. The Morgan fingerprint density at radius 2 is 2.00 bits per heavy atom. The number of nitriles is 1. The molecule has 0 N–H and O–H groups in total. The Bertz CT molecular complexity index is 1070. The number of benzene rings is 2. The number of carbonyl (C=O) groups is 1. The number of aryl methyl sites for hydroxylation is 1. The van der Waals surface area contributed by atoms with Gasteiger partial charge in [-0.3, -0.25) is 0 Å². The van der Waals surface area contributed by atoms with E-state index in [0.29, 0.717) is 16.9 Å². The van der Waals surface area contributed by atoms with E-state index in [1.165, 1.54) is 12.3 Å². The molecule has 2 aromatic carbocycles.